The Balaban J connectivity index is 2.07. The first kappa shape index (κ1) is 18.2. The number of thioether (sulfide) groups is 1. The van der Waals surface area contributed by atoms with Crippen LogP contribution in [0.5, 0.6) is 5.75 Å². The van der Waals surface area contributed by atoms with E-state index < -0.39 is 0 Å². The number of aromatic nitrogens is 1. The number of anilines is 1. The Morgan fingerprint density at radius 2 is 1.63 bits per heavy atom. The number of nitriles is 2. The normalized spacial score (nSPS) is 10.2. The Kier molecular flexibility index (Phi) is 5.25. The van der Waals surface area contributed by atoms with E-state index in [0.717, 1.165) is 5.56 Å². The Hall–Kier alpha value is -3.55. The van der Waals surface area contributed by atoms with Gasteiger partial charge in [-0.3, -0.25) is 0 Å². The van der Waals surface area contributed by atoms with Gasteiger partial charge in [0.15, 0.2) is 0 Å². The smallest absolute Gasteiger partial charge is 0.143 e. The second-order valence-corrected chi connectivity index (χ2v) is 6.58. The largest absolute Gasteiger partial charge is 0.508 e. The van der Waals surface area contributed by atoms with E-state index in [-0.39, 0.29) is 28.5 Å². The highest BCUT2D eigenvalue weighted by Crippen LogP contribution is 2.37. The third kappa shape index (κ3) is 3.84. The van der Waals surface area contributed by atoms with Crippen LogP contribution in [0.4, 0.5) is 10.2 Å². The van der Waals surface area contributed by atoms with E-state index in [9.17, 15) is 20.0 Å². The van der Waals surface area contributed by atoms with Crippen molar-refractivity contribution in [1.82, 2.24) is 4.98 Å². The molecule has 27 heavy (non-hydrogen) atoms. The van der Waals surface area contributed by atoms with Crippen molar-refractivity contribution in [3.63, 3.8) is 0 Å². The van der Waals surface area contributed by atoms with E-state index in [1.165, 1.54) is 36.0 Å². The van der Waals surface area contributed by atoms with Crippen LogP contribution in [0.2, 0.25) is 0 Å². The monoisotopic (exact) mass is 376 g/mol. The van der Waals surface area contributed by atoms with Gasteiger partial charge in [0.05, 0.1) is 5.56 Å². The third-order valence-corrected chi connectivity index (χ3v) is 4.91. The Labute approximate surface area is 159 Å². The molecule has 1 aromatic heterocycles. The highest BCUT2D eigenvalue weighted by Gasteiger charge is 2.20. The molecule has 3 rings (SSSR count). The molecule has 0 bridgehead atoms. The first-order chi connectivity index (χ1) is 13.0. The molecule has 0 amide bonds. The number of rotatable bonds is 4. The molecule has 132 valence electrons. The summed E-state index contributed by atoms with van der Waals surface area (Å²) < 4.78 is 13.0. The molecule has 0 aliphatic carbocycles. The van der Waals surface area contributed by atoms with E-state index in [2.05, 4.69) is 11.1 Å². The molecule has 3 aromatic rings. The summed E-state index contributed by atoms with van der Waals surface area (Å²) in [7, 11) is 0. The van der Waals surface area contributed by atoms with Crippen molar-refractivity contribution < 1.29 is 9.50 Å². The molecule has 0 saturated carbocycles. The number of nitrogens with zero attached hydrogens (tertiary/aromatic N) is 3. The first-order valence-corrected chi connectivity index (χ1v) is 8.82. The molecule has 2 aromatic carbocycles. The predicted molar refractivity (Wildman–Crippen MR) is 101 cm³/mol. The fourth-order valence-corrected chi connectivity index (χ4v) is 3.50. The number of hydrogen-bond donors (Lipinski definition) is 2. The van der Waals surface area contributed by atoms with Crippen molar-refractivity contribution in [1.29, 1.82) is 10.5 Å². The Morgan fingerprint density at radius 1 is 1.00 bits per heavy atom. The third-order valence-electron chi connectivity index (χ3n) is 3.86. The molecule has 5 nitrogen and oxygen atoms in total. The summed E-state index contributed by atoms with van der Waals surface area (Å²) in [6.07, 6.45) is 0. The van der Waals surface area contributed by atoms with Gasteiger partial charge < -0.3 is 10.8 Å². The summed E-state index contributed by atoms with van der Waals surface area (Å²) >= 11 is 1.28. The minimum atomic E-state index is -0.322. The van der Waals surface area contributed by atoms with Crippen molar-refractivity contribution in [2.24, 2.45) is 0 Å². The second kappa shape index (κ2) is 7.77. The summed E-state index contributed by atoms with van der Waals surface area (Å²) in [4.78, 5) is 4.22. The van der Waals surface area contributed by atoms with Crippen LogP contribution < -0.4 is 5.73 Å². The van der Waals surface area contributed by atoms with Gasteiger partial charge in [0.2, 0.25) is 0 Å². The van der Waals surface area contributed by atoms with Gasteiger partial charge in [-0.2, -0.15) is 10.5 Å². The molecule has 0 aliphatic heterocycles. The predicted octanol–water partition coefficient (Wildman–Crippen LogP) is 4.21. The summed E-state index contributed by atoms with van der Waals surface area (Å²) in [5, 5.41) is 29.1. The van der Waals surface area contributed by atoms with Crippen LogP contribution >= 0.6 is 11.8 Å². The number of phenolic OH excluding ortho intramolecular Hbond substituents is 1. The average Bonchev–Trinajstić information content (AvgIpc) is 2.67. The summed E-state index contributed by atoms with van der Waals surface area (Å²) in [6.45, 7) is 0. The fourth-order valence-electron chi connectivity index (χ4n) is 2.55. The van der Waals surface area contributed by atoms with Crippen LogP contribution in [-0.2, 0) is 5.75 Å². The SMILES string of the molecule is N#Cc1c(N)nc(SCc2ccc(F)cc2)c(C#N)c1-c1ccc(O)cc1. The number of halogens is 1. The molecule has 0 radical (unpaired) electrons. The number of hydrogen-bond acceptors (Lipinski definition) is 6. The minimum absolute atomic E-state index is 0.0289. The molecule has 7 heteroatoms. The first-order valence-electron chi connectivity index (χ1n) is 7.83. The molecule has 0 aliphatic rings. The highest BCUT2D eigenvalue weighted by atomic mass is 32.2. The lowest BCUT2D eigenvalue weighted by Crippen LogP contribution is -2.03. The van der Waals surface area contributed by atoms with Gasteiger partial charge in [-0.05, 0) is 35.4 Å². The van der Waals surface area contributed by atoms with Crippen LogP contribution in [-0.4, -0.2) is 10.1 Å². The van der Waals surface area contributed by atoms with Crippen molar-refractivity contribution in [2.45, 2.75) is 10.8 Å². The molecular weight excluding hydrogens is 363 g/mol. The Morgan fingerprint density at radius 3 is 2.22 bits per heavy atom. The lowest BCUT2D eigenvalue weighted by atomic mass is 9.97. The van der Waals surface area contributed by atoms with Crippen LogP contribution in [0.25, 0.3) is 11.1 Å². The van der Waals surface area contributed by atoms with Crippen LogP contribution in [0.3, 0.4) is 0 Å². The number of nitrogen functional groups attached to an aromatic ring is 1. The topological polar surface area (TPSA) is 107 Å². The number of benzene rings is 2. The molecule has 0 atom stereocenters. The molecule has 0 fully saturated rings. The fraction of sp³-hybridized carbons (Fsp3) is 0.0500. The van der Waals surface area contributed by atoms with Gasteiger partial charge in [0.25, 0.3) is 0 Å². The number of pyridine rings is 1. The lowest BCUT2D eigenvalue weighted by Gasteiger charge is -2.13. The maximum Gasteiger partial charge on any atom is 0.143 e. The van der Waals surface area contributed by atoms with Gasteiger partial charge in [-0.15, -0.1) is 11.8 Å². The van der Waals surface area contributed by atoms with Gasteiger partial charge in [0.1, 0.15) is 40.1 Å². The van der Waals surface area contributed by atoms with E-state index in [1.54, 1.807) is 24.3 Å². The number of aromatic hydroxyl groups is 1. The molecular formula is C20H13FN4OS. The zero-order valence-electron chi connectivity index (χ0n) is 14.0. The highest BCUT2D eigenvalue weighted by molar-refractivity contribution is 7.98. The molecule has 1 heterocycles. The summed E-state index contributed by atoms with van der Waals surface area (Å²) in [5.74, 6) is 0.240. The van der Waals surface area contributed by atoms with Crippen LogP contribution in [0.1, 0.15) is 16.7 Å². The summed E-state index contributed by atoms with van der Waals surface area (Å²) in [6, 6.07) is 16.3. The molecule has 0 unspecified atom stereocenters. The lowest BCUT2D eigenvalue weighted by molar-refractivity contribution is 0.475. The molecule has 0 spiro atoms. The standard InChI is InChI=1S/C20H13FN4OS/c21-14-5-1-12(2-6-14)11-27-20-17(10-23)18(16(9-22)19(24)25-20)13-3-7-15(26)8-4-13/h1-8,26H,11H2,(H2,24,25). The maximum absolute atomic E-state index is 13.0. The van der Waals surface area contributed by atoms with Gasteiger partial charge in [-0.25, -0.2) is 9.37 Å². The van der Waals surface area contributed by atoms with Gasteiger partial charge >= 0.3 is 0 Å². The average molecular weight is 376 g/mol. The van der Waals surface area contributed by atoms with E-state index in [1.807, 2.05) is 6.07 Å². The van der Waals surface area contributed by atoms with Crippen LogP contribution in [0.15, 0.2) is 53.6 Å². The maximum atomic E-state index is 13.0. The van der Waals surface area contributed by atoms with Gasteiger partial charge in [0, 0.05) is 11.3 Å². The minimum Gasteiger partial charge on any atom is -0.508 e. The zero-order valence-corrected chi connectivity index (χ0v) is 14.8. The van der Waals surface area contributed by atoms with Crippen molar-refractivity contribution in [3.05, 3.63) is 71.0 Å². The zero-order chi connectivity index (χ0) is 19.4. The van der Waals surface area contributed by atoms with Crippen LogP contribution in [0, 0.1) is 28.5 Å². The number of phenols is 1. The van der Waals surface area contributed by atoms with Gasteiger partial charge in [-0.1, -0.05) is 24.3 Å². The summed E-state index contributed by atoms with van der Waals surface area (Å²) in [5.41, 5.74) is 8.13. The molecule has 3 N–H and O–H groups in total. The van der Waals surface area contributed by atoms with Crippen molar-refractivity contribution >= 4 is 17.6 Å². The van der Waals surface area contributed by atoms with Crippen molar-refractivity contribution in [2.75, 3.05) is 5.73 Å². The Bertz CT molecular complexity index is 1070. The van der Waals surface area contributed by atoms with E-state index in [4.69, 9.17) is 5.73 Å². The molecule has 0 saturated heterocycles. The van der Waals surface area contributed by atoms with Crippen molar-refractivity contribution in [3.8, 4) is 29.0 Å². The second-order valence-electron chi connectivity index (χ2n) is 5.61. The van der Waals surface area contributed by atoms with E-state index >= 15 is 0 Å². The number of nitrogens with two attached hydrogens (primary N) is 1. The van der Waals surface area contributed by atoms with E-state index in [0.29, 0.717) is 21.9 Å². The quantitative estimate of drug-likeness (QED) is 0.661.